The minimum Gasteiger partial charge on any atom is -0.397 e. The molecule has 0 bridgehead atoms. The number of carbonyl (C=O) groups is 1. The number of nitrogens with two attached hydrogens (primary N) is 2. The maximum Gasteiger partial charge on any atom is 0.227 e. The first-order chi connectivity index (χ1) is 9.83. The first kappa shape index (κ1) is 13.8. The number of benzene rings is 1. The van der Waals surface area contributed by atoms with Gasteiger partial charge in [0.1, 0.15) is 0 Å². The molecule has 1 atom stereocenters. The quantitative estimate of drug-likeness (QED) is 0.674. The fourth-order valence-corrected chi connectivity index (χ4v) is 3.56. The van der Waals surface area contributed by atoms with Gasteiger partial charge in [-0.15, -0.1) is 0 Å². The Morgan fingerprint density at radius 3 is 2.90 bits per heavy atom. The van der Waals surface area contributed by atoms with Gasteiger partial charge < -0.3 is 15.6 Å². The Hall–Kier alpha value is -2.13. The molecule has 5 N–H and O–H groups in total. The molecule has 1 aromatic carbocycles. The van der Waals surface area contributed by atoms with Gasteiger partial charge in [-0.1, -0.05) is 0 Å². The lowest BCUT2D eigenvalue weighted by Gasteiger charge is -2.18. The third-order valence-corrected chi connectivity index (χ3v) is 4.47. The number of primary sulfonamides is 1. The van der Waals surface area contributed by atoms with E-state index in [0.29, 0.717) is 16.9 Å². The lowest BCUT2D eigenvalue weighted by molar-refractivity contribution is -0.117. The molecule has 0 radical (unpaired) electrons. The average molecular weight is 309 g/mol. The molecule has 1 unspecified atom stereocenters. The van der Waals surface area contributed by atoms with Crippen LogP contribution in [0.4, 0.5) is 11.4 Å². The van der Waals surface area contributed by atoms with Crippen LogP contribution >= 0.6 is 0 Å². The molecular weight excluding hydrogens is 294 g/mol. The Morgan fingerprint density at radius 1 is 1.43 bits per heavy atom. The number of fused-ring (bicyclic) bond motifs is 1. The number of aromatic nitrogens is 2. The van der Waals surface area contributed by atoms with Crippen LogP contribution in [0.25, 0.3) is 11.0 Å². The van der Waals surface area contributed by atoms with E-state index in [4.69, 9.17) is 10.9 Å². The van der Waals surface area contributed by atoms with Crippen LogP contribution in [0.2, 0.25) is 0 Å². The molecule has 2 aromatic rings. The Bertz CT molecular complexity index is 813. The number of nitrogens with one attached hydrogen (secondary N) is 1. The van der Waals surface area contributed by atoms with Crippen LogP contribution in [0, 0.1) is 5.92 Å². The minimum absolute atomic E-state index is 0.147. The molecule has 0 saturated carbocycles. The normalized spacial score (nSPS) is 19.6. The van der Waals surface area contributed by atoms with Crippen LogP contribution < -0.4 is 15.8 Å². The number of hydrogen-bond donors (Lipinski definition) is 3. The molecule has 9 heteroatoms. The van der Waals surface area contributed by atoms with Crippen molar-refractivity contribution in [1.82, 2.24) is 9.97 Å². The summed E-state index contributed by atoms with van der Waals surface area (Å²) in [6.45, 7) is 0.287. The summed E-state index contributed by atoms with van der Waals surface area (Å²) in [5.74, 6) is -0.688. The van der Waals surface area contributed by atoms with Crippen molar-refractivity contribution in [3.63, 3.8) is 0 Å². The highest BCUT2D eigenvalue weighted by Crippen LogP contribution is 2.32. The molecular formula is C12H15N5O3S. The van der Waals surface area contributed by atoms with Gasteiger partial charge in [0.05, 0.1) is 34.5 Å². The van der Waals surface area contributed by atoms with Crippen LogP contribution in [-0.2, 0) is 14.8 Å². The molecule has 1 aromatic heterocycles. The van der Waals surface area contributed by atoms with Gasteiger partial charge in [-0.25, -0.2) is 18.5 Å². The summed E-state index contributed by atoms with van der Waals surface area (Å²) in [6.07, 6.45) is 1.69. The van der Waals surface area contributed by atoms with E-state index in [1.165, 1.54) is 4.90 Å². The zero-order chi connectivity index (χ0) is 15.2. The van der Waals surface area contributed by atoms with Gasteiger partial charge in [0.25, 0.3) is 0 Å². The van der Waals surface area contributed by atoms with Crippen LogP contribution in [-0.4, -0.2) is 36.6 Å². The highest BCUT2D eigenvalue weighted by Gasteiger charge is 2.33. The average Bonchev–Trinajstić information content (AvgIpc) is 2.92. The molecule has 2 heterocycles. The van der Waals surface area contributed by atoms with E-state index in [2.05, 4.69) is 9.97 Å². The number of anilines is 2. The lowest BCUT2D eigenvalue weighted by Crippen LogP contribution is -2.28. The summed E-state index contributed by atoms with van der Waals surface area (Å²) in [5.41, 5.74) is 8.45. The molecule has 1 aliphatic heterocycles. The highest BCUT2D eigenvalue weighted by atomic mass is 32.2. The molecule has 1 aliphatic rings. The van der Waals surface area contributed by atoms with Crippen molar-refractivity contribution in [1.29, 1.82) is 0 Å². The minimum atomic E-state index is -3.60. The number of H-pyrrole nitrogens is 1. The number of carbonyl (C=O) groups excluding carboxylic acids is 1. The van der Waals surface area contributed by atoms with Gasteiger partial charge in [-0.3, -0.25) is 4.79 Å². The number of imidazole rings is 1. The molecule has 112 valence electrons. The molecule has 1 amide bonds. The number of amides is 1. The van der Waals surface area contributed by atoms with Crippen molar-refractivity contribution in [2.45, 2.75) is 6.42 Å². The van der Waals surface area contributed by atoms with E-state index in [-0.39, 0.29) is 30.5 Å². The third kappa shape index (κ3) is 2.69. The van der Waals surface area contributed by atoms with Crippen LogP contribution in [0.15, 0.2) is 18.5 Å². The molecule has 1 fully saturated rings. The smallest absolute Gasteiger partial charge is 0.227 e. The predicted molar refractivity (Wildman–Crippen MR) is 78.9 cm³/mol. The van der Waals surface area contributed by atoms with Crippen molar-refractivity contribution in [2.75, 3.05) is 22.9 Å². The number of nitrogens with zero attached hydrogens (tertiary/aromatic N) is 2. The monoisotopic (exact) mass is 309 g/mol. The van der Waals surface area contributed by atoms with Gasteiger partial charge in [-0.2, -0.15) is 0 Å². The lowest BCUT2D eigenvalue weighted by atomic mass is 10.1. The highest BCUT2D eigenvalue weighted by molar-refractivity contribution is 7.89. The SMILES string of the molecule is Nc1cc2[nH]cnc2cc1N1CC(CS(N)(=O)=O)CC1=O. The molecule has 8 nitrogen and oxygen atoms in total. The Morgan fingerprint density at radius 2 is 2.19 bits per heavy atom. The van der Waals surface area contributed by atoms with Crippen molar-refractivity contribution in [3.8, 4) is 0 Å². The van der Waals surface area contributed by atoms with Crippen LogP contribution in [0.5, 0.6) is 0 Å². The van der Waals surface area contributed by atoms with Crippen molar-refractivity contribution < 1.29 is 13.2 Å². The molecule has 3 rings (SSSR count). The second kappa shape index (κ2) is 4.71. The third-order valence-electron chi connectivity index (χ3n) is 3.53. The standard InChI is InChI=1S/C12H15N5O3S/c13-8-2-9-10(16-6-15-9)3-11(8)17-4-7(1-12(17)18)5-21(14,19)20/h2-3,6-7H,1,4-5,13H2,(H,15,16)(H2,14,19,20). The zero-order valence-corrected chi connectivity index (χ0v) is 11.9. The van der Waals surface area contributed by atoms with Gasteiger partial charge in [-0.05, 0) is 12.1 Å². The predicted octanol–water partition coefficient (Wildman–Crippen LogP) is -0.213. The Labute approximate surface area is 121 Å². The number of nitrogen functional groups attached to an aromatic ring is 1. The Kier molecular flexibility index (Phi) is 3.10. The van der Waals surface area contributed by atoms with E-state index in [1.54, 1.807) is 18.5 Å². The van der Waals surface area contributed by atoms with Gasteiger partial charge >= 0.3 is 0 Å². The fraction of sp³-hybridized carbons (Fsp3) is 0.333. The summed E-state index contributed by atoms with van der Waals surface area (Å²) in [7, 11) is -3.60. The largest absolute Gasteiger partial charge is 0.397 e. The second-order valence-corrected chi connectivity index (χ2v) is 6.89. The van der Waals surface area contributed by atoms with E-state index in [1.807, 2.05) is 0 Å². The topological polar surface area (TPSA) is 135 Å². The molecule has 21 heavy (non-hydrogen) atoms. The maximum atomic E-state index is 12.1. The summed E-state index contributed by atoms with van der Waals surface area (Å²) >= 11 is 0. The second-order valence-electron chi connectivity index (χ2n) is 5.23. The van der Waals surface area contributed by atoms with Crippen molar-refractivity contribution >= 4 is 38.3 Å². The number of aromatic amines is 1. The van der Waals surface area contributed by atoms with Crippen LogP contribution in [0.3, 0.4) is 0 Å². The summed E-state index contributed by atoms with van der Waals surface area (Å²) < 4.78 is 22.3. The fourth-order valence-electron chi connectivity index (χ4n) is 2.68. The Balaban J connectivity index is 1.91. The number of sulfonamides is 1. The maximum absolute atomic E-state index is 12.1. The van der Waals surface area contributed by atoms with Gasteiger partial charge in [0, 0.05) is 18.9 Å². The molecule has 0 aliphatic carbocycles. The van der Waals surface area contributed by atoms with Crippen molar-refractivity contribution in [2.24, 2.45) is 11.1 Å². The van der Waals surface area contributed by atoms with E-state index in [0.717, 1.165) is 5.52 Å². The molecule has 1 saturated heterocycles. The van der Waals surface area contributed by atoms with E-state index >= 15 is 0 Å². The van der Waals surface area contributed by atoms with Crippen molar-refractivity contribution in [3.05, 3.63) is 18.5 Å². The van der Waals surface area contributed by atoms with Crippen LogP contribution in [0.1, 0.15) is 6.42 Å². The summed E-state index contributed by atoms with van der Waals surface area (Å²) in [4.78, 5) is 20.7. The summed E-state index contributed by atoms with van der Waals surface area (Å²) in [5, 5.41) is 5.04. The molecule has 0 spiro atoms. The van der Waals surface area contributed by atoms with Gasteiger partial charge in [0.15, 0.2) is 0 Å². The van der Waals surface area contributed by atoms with E-state index < -0.39 is 10.0 Å². The van der Waals surface area contributed by atoms with E-state index in [9.17, 15) is 13.2 Å². The zero-order valence-electron chi connectivity index (χ0n) is 11.1. The number of rotatable bonds is 3. The van der Waals surface area contributed by atoms with Gasteiger partial charge in [0.2, 0.25) is 15.9 Å². The summed E-state index contributed by atoms with van der Waals surface area (Å²) in [6, 6.07) is 3.43. The first-order valence-corrected chi connectivity index (χ1v) is 8.08. The first-order valence-electron chi connectivity index (χ1n) is 6.37. The number of hydrogen-bond acceptors (Lipinski definition) is 5.